The molecule has 1 fully saturated rings. The molecule has 0 unspecified atom stereocenters. The molecule has 23 heavy (non-hydrogen) atoms. The molecule has 1 aliphatic carbocycles. The number of nitrogens with one attached hydrogen (secondary N) is 1. The molecule has 2 aromatic rings. The Morgan fingerprint density at radius 2 is 2.09 bits per heavy atom. The Morgan fingerprint density at radius 1 is 1.30 bits per heavy atom. The second-order valence-corrected chi connectivity index (χ2v) is 9.01. The first-order chi connectivity index (χ1) is 11.1. The second-order valence-electron chi connectivity index (χ2n) is 5.85. The summed E-state index contributed by atoms with van der Waals surface area (Å²) >= 11 is 1.32. The third kappa shape index (κ3) is 3.81. The van der Waals surface area contributed by atoms with Crippen LogP contribution in [0.1, 0.15) is 55.8 Å². The monoisotopic (exact) mass is 354 g/mol. The summed E-state index contributed by atoms with van der Waals surface area (Å²) in [5, 5.41) is 8.07. The zero-order valence-corrected chi connectivity index (χ0v) is 14.9. The lowest BCUT2D eigenvalue weighted by atomic mass is 9.95. The quantitative estimate of drug-likeness (QED) is 0.865. The Hall–Kier alpha value is -1.25. The van der Waals surface area contributed by atoms with Crippen LogP contribution in [0.2, 0.25) is 0 Å². The first kappa shape index (κ1) is 16.6. The van der Waals surface area contributed by atoms with Crippen LogP contribution >= 0.6 is 11.3 Å². The molecule has 1 aliphatic rings. The van der Waals surface area contributed by atoms with Crippen LogP contribution in [0, 0.1) is 0 Å². The van der Waals surface area contributed by atoms with E-state index in [9.17, 15) is 8.42 Å². The highest BCUT2D eigenvalue weighted by Gasteiger charge is 2.21. The van der Waals surface area contributed by atoms with Crippen molar-refractivity contribution < 1.29 is 8.42 Å². The van der Waals surface area contributed by atoms with Crippen molar-refractivity contribution in [2.45, 2.75) is 62.2 Å². The van der Waals surface area contributed by atoms with E-state index in [1.807, 2.05) is 17.6 Å². The molecule has 0 saturated heterocycles. The smallest absolute Gasteiger partial charge is 0.250 e. The summed E-state index contributed by atoms with van der Waals surface area (Å²) in [5.41, 5.74) is 0. The number of rotatable bonds is 6. The molecular formula is C15H22N4O2S2. The van der Waals surface area contributed by atoms with Crippen LogP contribution in [0.5, 0.6) is 0 Å². The van der Waals surface area contributed by atoms with Gasteiger partial charge in [0.2, 0.25) is 10.0 Å². The van der Waals surface area contributed by atoms with Crippen LogP contribution in [0.25, 0.3) is 0 Å². The molecular weight excluding hydrogens is 332 g/mol. The fraction of sp³-hybridized carbons (Fsp3) is 0.600. The van der Waals surface area contributed by atoms with E-state index < -0.39 is 10.0 Å². The van der Waals surface area contributed by atoms with E-state index in [4.69, 9.17) is 0 Å². The van der Waals surface area contributed by atoms with Crippen LogP contribution < -0.4 is 4.72 Å². The number of hydrogen-bond donors (Lipinski definition) is 1. The average molecular weight is 355 g/mol. The van der Waals surface area contributed by atoms with Crippen molar-refractivity contribution in [1.82, 2.24) is 19.5 Å². The van der Waals surface area contributed by atoms with Gasteiger partial charge in [0.05, 0.1) is 6.54 Å². The van der Waals surface area contributed by atoms with Crippen molar-refractivity contribution in [3.8, 4) is 0 Å². The lowest BCUT2D eigenvalue weighted by molar-refractivity contribution is 0.344. The number of thiophene rings is 1. The molecule has 2 aromatic heterocycles. The van der Waals surface area contributed by atoms with Gasteiger partial charge in [-0.05, 0) is 31.4 Å². The summed E-state index contributed by atoms with van der Waals surface area (Å²) in [4.78, 5) is 1.07. The summed E-state index contributed by atoms with van der Waals surface area (Å²) in [6.07, 6.45) is 8.49. The van der Waals surface area contributed by atoms with Gasteiger partial charge in [0, 0.05) is 10.9 Å². The topological polar surface area (TPSA) is 76.9 Å². The molecule has 3 rings (SSSR count). The van der Waals surface area contributed by atoms with E-state index in [1.54, 1.807) is 12.4 Å². The van der Waals surface area contributed by atoms with Crippen molar-refractivity contribution in [2.75, 3.05) is 0 Å². The Morgan fingerprint density at radius 3 is 2.78 bits per heavy atom. The second kappa shape index (κ2) is 7.11. The molecule has 2 heterocycles. The lowest BCUT2D eigenvalue weighted by Crippen LogP contribution is -2.25. The number of nitrogens with zero attached hydrogens (tertiary/aromatic N) is 3. The van der Waals surface area contributed by atoms with Crippen LogP contribution in [-0.4, -0.2) is 23.2 Å². The van der Waals surface area contributed by atoms with Crippen molar-refractivity contribution in [1.29, 1.82) is 0 Å². The van der Waals surface area contributed by atoms with Gasteiger partial charge in [-0.25, -0.2) is 13.1 Å². The van der Waals surface area contributed by atoms with Crippen LogP contribution in [0.15, 0.2) is 22.7 Å². The minimum atomic E-state index is -3.49. The first-order valence-electron chi connectivity index (χ1n) is 8.07. The van der Waals surface area contributed by atoms with Gasteiger partial charge >= 0.3 is 0 Å². The number of sulfonamides is 1. The molecule has 0 radical (unpaired) electrons. The predicted octanol–water partition coefficient (Wildman–Crippen LogP) is 2.89. The van der Waals surface area contributed by atoms with Gasteiger partial charge in [0.25, 0.3) is 0 Å². The highest BCUT2D eigenvalue weighted by Crippen LogP contribution is 2.28. The Labute approximate surface area is 141 Å². The summed E-state index contributed by atoms with van der Waals surface area (Å²) in [6, 6.07) is 3.92. The van der Waals surface area contributed by atoms with Crippen molar-refractivity contribution in [2.24, 2.45) is 0 Å². The maximum absolute atomic E-state index is 12.4. The van der Waals surface area contributed by atoms with Gasteiger partial charge in [-0.1, -0.05) is 26.2 Å². The van der Waals surface area contributed by atoms with Gasteiger partial charge in [0.15, 0.2) is 0 Å². The third-order valence-corrected chi connectivity index (χ3v) is 7.41. The van der Waals surface area contributed by atoms with Gasteiger partial charge in [-0.3, -0.25) is 0 Å². The Balaban J connectivity index is 1.69. The fourth-order valence-electron chi connectivity index (χ4n) is 2.98. The SMILES string of the molecule is CCc1ccc(S(=O)(=O)NCc2nncn2C2CCCCC2)s1. The maximum Gasteiger partial charge on any atom is 0.250 e. The third-order valence-electron chi connectivity index (χ3n) is 4.29. The predicted molar refractivity (Wildman–Crippen MR) is 89.9 cm³/mol. The van der Waals surface area contributed by atoms with E-state index in [0.717, 1.165) is 24.1 Å². The van der Waals surface area contributed by atoms with E-state index in [-0.39, 0.29) is 6.54 Å². The summed E-state index contributed by atoms with van der Waals surface area (Å²) < 4.78 is 29.8. The summed E-state index contributed by atoms with van der Waals surface area (Å²) in [7, 11) is -3.49. The molecule has 0 atom stereocenters. The molecule has 6 nitrogen and oxygen atoms in total. The number of aromatic nitrogens is 3. The van der Waals surface area contributed by atoms with Crippen molar-refractivity contribution >= 4 is 21.4 Å². The van der Waals surface area contributed by atoms with E-state index in [2.05, 4.69) is 14.9 Å². The molecule has 0 aromatic carbocycles. The molecule has 8 heteroatoms. The zero-order valence-electron chi connectivity index (χ0n) is 13.2. The van der Waals surface area contributed by atoms with Crippen molar-refractivity contribution in [3.05, 3.63) is 29.2 Å². The van der Waals surface area contributed by atoms with Gasteiger partial charge < -0.3 is 4.57 Å². The molecule has 126 valence electrons. The van der Waals surface area contributed by atoms with E-state index >= 15 is 0 Å². The van der Waals surface area contributed by atoms with Crippen LogP contribution in [0.3, 0.4) is 0 Å². The highest BCUT2D eigenvalue weighted by molar-refractivity contribution is 7.91. The molecule has 0 amide bonds. The highest BCUT2D eigenvalue weighted by atomic mass is 32.2. The van der Waals surface area contributed by atoms with Crippen LogP contribution in [-0.2, 0) is 23.0 Å². The molecule has 0 spiro atoms. The fourth-order valence-corrected chi connectivity index (χ4v) is 5.30. The Bertz CT molecular complexity index is 745. The van der Waals surface area contributed by atoms with E-state index in [0.29, 0.717) is 16.1 Å². The van der Waals surface area contributed by atoms with Gasteiger partial charge in [-0.15, -0.1) is 21.5 Å². The number of aryl methyl sites for hydroxylation is 1. The Kier molecular flexibility index (Phi) is 5.13. The summed E-state index contributed by atoms with van der Waals surface area (Å²) in [6.45, 7) is 2.19. The van der Waals surface area contributed by atoms with E-state index in [1.165, 1.54) is 30.6 Å². The normalized spacial score (nSPS) is 16.7. The lowest BCUT2D eigenvalue weighted by Gasteiger charge is -2.23. The standard InChI is InChI=1S/C15H22N4O2S2/c1-2-13-8-9-15(22-13)23(20,21)17-10-14-18-16-11-19(14)12-6-4-3-5-7-12/h8-9,11-12,17H,2-7,10H2,1H3. The molecule has 0 bridgehead atoms. The van der Waals surface area contributed by atoms with Gasteiger partial charge in [-0.2, -0.15) is 0 Å². The minimum absolute atomic E-state index is 0.179. The van der Waals surface area contributed by atoms with Gasteiger partial charge in [0.1, 0.15) is 16.4 Å². The summed E-state index contributed by atoms with van der Waals surface area (Å²) in [5.74, 6) is 0.688. The first-order valence-corrected chi connectivity index (χ1v) is 10.4. The molecule has 1 N–H and O–H groups in total. The molecule has 1 saturated carbocycles. The average Bonchev–Trinajstić information content (AvgIpc) is 3.23. The molecule has 0 aliphatic heterocycles. The van der Waals surface area contributed by atoms with Crippen LogP contribution in [0.4, 0.5) is 0 Å². The largest absolute Gasteiger partial charge is 0.313 e. The minimum Gasteiger partial charge on any atom is -0.313 e. The number of hydrogen-bond acceptors (Lipinski definition) is 5. The van der Waals surface area contributed by atoms with Crippen molar-refractivity contribution in [3.63, 3.8) is 0 Å². The maximum atomic E-state index is 12.4. The zero-order chi connectivity index (χ0) is 16.3.